The molecule has 1 aromatic rings. The van der Waals surface area contributed by atoms with Crippen molar-refractivity contribution in [3.8, 4) is 0 Å². The highest BCUT2D eigenvalue weighted by Crippen LogP contribution is 2.31. The lowest BCUT2D eigenvalue weighted by molar-refractivity contribution is -0.147. The number of carboxylic acid groups (broad SMARTS) is 1. The smallest absolute Gasteiger partial charge is 0.345 e. The topological polar surface area (TPSA) is 75.6 Å². The molecule has 1 aromatic heterocycles. The number of carboxylic acids is 1. The van der Waals surface area contributed by atoms with Crippen LogP contribution >= 0.6 is 11.3 Å². The van der Waals surface area contributed by atoms with E-state index in [1.807, 2.05) is 0 Å². The van der Waals surface area contributed by atoms with E-state index in [-0.39, 0.29) is 10.8 Å². The van der Waals surface area contributed by atoms with Crippen molar-refractivity contribution in [2.75, 3.05) is 7.11 Å². The van der Waals surface area contributed by atoms with Crippen LogP contribution in [-0.2, 0) is 16.1 Å². The van der Waals surface area contributed by atoms with Crippen LogP contribution in [0, 0.1) is 0 Å². The molecule has 20 heavy (non-hydrogen) atoms. The molecular formula is C14H19NO4S. The Morgan fingerprint density at radius 3 is 2.60 bits per heavy atom. The maximum atomic E-state index is 12.3. The van der Waals surface area contributed by atoms with Gasteiger partial charge in [-0.05, 0) is 25.0 Å². The highest BCUT2D eigenvalue weighted by molar-refractivity contribution is 7.13. The number of hydrogen-bond acceptors (Lipinski definition) is 4. The number of aromatic carboxylic acids is 1. The second kappa shape index (κ2) is 6.37. The van der Waals surface area contributed by atoms with Crippen LogP contribution in [0.25, 0.3) is 0 Å². The van der Waals surface area contributed by atoms with E-state index in [9.17, 15) is 9.59 Å². The first kappa shape index (κ1) is 15.0. The Labute approximate surface area is 121 Å². The molecule has 1 fully saturated rings. The minimum atomic E-state index is -0.937. The number of methoxy groups -OCH3 is 1. The Morgan fingerprint density at radius 1 is 1.35 bits per heavy atom. The quantitative estimate of drug-likeness (QED) is 0.875. The highest BCUT2D eigenvalue weighted by Gasteiger charge is 2.39. The molecule has 5 nitrogen and oxygen atoms in total. The third kappa shape index (κ3) is 3.19. The number of nitrogens with one attached hydrogen (secondary N) is 1. The van der Waals surface area contributed by atoms with Crippen LogP contribution in [0.4, 0.5) is 0 Å². The molecule has 2 rings (SSSR count). The second-order valence-electron chi connectivity index (χ2n) is 5.01. The Kier molecular flexibility index (Phi) is 4.77. The Bertz CT molecular complexity index is 491. The van der Waals surface area contributed by atoms with Crippen molar-refractivity contribution in [2.24, 2.45) is 0 Å². The first-order chi connectivity index (χ1) is 9.57. The Balaban J connectivity index is 1.94. The third-order valence-electron chi connectivity index (χ3n) is 3.76. The van der Waals surface area contributed by atoms with Crippen LogP contribution in [0.3, 0.4) is 0 Å². The summed E-state index contributed by atoms with van der Waals surface area (Å²) in [4.78, 5) is 24.2. The number of hydrogen-bond donors (Lipinski definition) is 2. The lowest BCUT2D eigenvalue weighted by atomic mass is 9.84. The lowest BCUT2D eigenvalue weighted by Gasteiger charge is -2.34. The average Bonchev–Trinajstić information content (AvgIpc) is 2.94. The van der Waals surface area contributed by atoms with E-state index in [0.717, 1.165) is 37.0 Å². The van der Waals surface area contributed by atoms with Crippen molar-refractivity contribution in [1.29, 1.82) is 0 Å². The fraction of sp³-hybridized carbons (Fsp3) is 0.571. The van der Waals surface area contributed by atoms with E-state index >= 15 is 0 Å². The summed E-state index contributed by atoms with van der Waals surface area (Å²) in [5, 5.41) is 11.7. The SMILES string of the molecule is COC1(C(=O)NCc2ccc(C(=O)O)s2)CCCCC1. The fourth-order valence-electron chi connectivity index (χ4n) is 2.56. The van der Waals surface area contributed by atoms with Crippen LogP contribution in [0.15, 0.2) is 12.1 Å². The zero-order chi connectivity index (χ0) is 14.6. The molecule has 0 bridgehead atoms. The van der Waals surface area contributed by atoms with Crippen molar-refractivity contribution in [1.82, 2.24) is 5.32 Å². The number of rotatable bonds is 5. The summed E-state index contributed by atoms with van der Waals surface area (Å²) in [6.07, 6.45) is 4.65. The molecule has 0 aromatic carbocycles. The molecule has 1 aliphatic carbocycles. The molecule has 0 atom stereocenters. The van der Waals surface area contributed by atoms with Gasteiger partial charge in [0.1, 0.15) is 10.5 Å². The summed E-state index contributed by atoms with van der Waals surface area (Å²) in [6.45, 7) is 0.349. The molecule has 110 valence electrons. The van der Waals surface area contributed by atoms with Crippen LogP contribution in [0.5, 0.6) is 0 Å². The summed E-state index contributed by atoms with van der Waals surface area (Å²) >= 11 is 1.18. The van der Waals surface area contributed by atoms with Crippen molar-refractivity contribution < 1.29 is 19.4 Å². The van der Waals surface area contributed by atoms with Gasteiger partial charge in [-0.25, -0.2) is 4.79 Å². The van der Waals surface area contributed by atoms with Crippen LogP contribution in [-0.4, -0.2) is 29.7 Å². The third-order valence-corrected chi connectivity index (χ3v) is 4.83. The molecule has 2 N–H and O–H groups in total. The maximum Gasteiger partial charge on any atom is 0.345 e. The first-order valence-corrected chi connectivity index (χ1v) is 7.54. The van der Waals surface area contributed by atoms with Crippen molar-refractivity contribution >= 4 is 23.2 Å². The number of carbonyl (C=O) groups excluding carboxylic acids is 1. The summed E-state index contributed by atoms with van der Waals surface area (Å²) in [6, 6.07) is 3.29. The van der Waals surface area contributed by atoms with E-state index in [1.165, 1.54) is 11.3 Å². The predicted octanol–water partition coefficient (Wildman–Crippen LogP) is 2.41. The van der Waals surface area contributed by atoms with E-state index < -0.39 is 11.6 Å². The van der Waals surface area contributed by atoms with Gasteiger partial charge < -0.3 is 15.2 Å². The molecule has 1 heterocycles. The van der Waals surface area contributed by atoms with Gasteiger partial charge in [-0.3, -0.25) is 4.79 Å². The standard InChI is InChI=1S/C14H19NO4S/c1-19-14(7-3-2-4-8-14)13(18)15-9-10-5-6-11(20-10)12(16)17/h5-6H,2-4,7-9H2,1H3,(H,15,18)(H,16,17). The van der Waals surface area contributed by atoms with Gasteiger partial charge in [0.2, 0.25) is 0 Å². The summed E-state index contributed by atoms with van der Waals surface area (Å²) < 4.78 is 5.47. The molecule has 0 unspecified atom stereocenters. The van der Waals surface area contributed by atoms with E-state index in [1.54, 1.807) is 19.2 Å². The Hall–Kier alpha value is -1.40. The van der Waals surface area contributed by atoms with Gasteiger partial charge in [0.15, 0.2) is 0 Å². The Morgan fingerprint density at radius 2 is 2.05 bits per heavy atom. The van der Waals surface area contributed by atoms with Gasteiger partial charge >= 0.3 is 5.97 Å². The zero-order valence-corrected chi connectivity index (χ0v) is 12.3. The van der Waals surface area contributed by atoms with E-state index in [2.05, 4.69) is 5.32 Å². The maximum absolute atomic E-state index is 12.3. The monoisotopic (exact) mass is 297 g/mol. The molecule has 1 aliphatic rings. The van der Waals surface area contributed by atoms with Crippen LogP contribution in [0.1, 0.15) is 46.7 Å². The van der Waals surface area contributed by atoms with Gasteiger partial charge in [0, 0.05) is 12.0 Å². The van der Waals surface area contributed by atoms with Gasteiger partial charge in [0.05, 0.1) is 6.54 Å². The van der Waals surface area contributed by atoms with E-state index in [4.69, 9.17) is 9.84 Å². The number of ether oxygens (including phenoxy) is 1. The molecule has 1 saturated carbocycles. The van der Waals surface area contributed by atoms with Crippen molar-refractivity contribution in [3.63, 3.8) is 0 Å². The first-order valence-electron chi connectivity index (χ1n) is 6.73. The summed E-state index contributed by atoms with van der Waals surface area (Å²) in [5.41, 5.74) is -0.703. The fourth-order valence-corrected chi connectivity index (χ4v) is 3.35. The summed E-state index contributed by atoms with van der Waals surface area (Å²) in [7, 11) is 1.58. The number of thiophene rings is 1. The predicted molar refractivity (Wildman–Crippen MR) is 76.0 cm³/mol. The second-order valence-corrected chi connectivity index (χ2v) is 6.18. The highest BCUT2D eigenvalue weighted by atomic mass is 32.1. The molecule has 0 aliphatic heterocycles. The van der Waals surface area contributed by atoms with Crippen LogP contribution in [0.2, 0.25) is 0 Å². The van der Waals surface area contributed by atoms with Gasteiger partial charge in [0.25, 0.3) is 5.91 Å². The minimum absolute atomic E-state index is 0.0926. The normalized spacial score (nSPS) is 17.6. The molecule has 6 heteroatoms. The van der Waals surface area contributed by atoms with Crippen LogP contribution < -0.4 is 5.32 Å². The van der Waals surface area contributed by atoms with Crippen molar-refractivity contribution in [2.45, 2.75) is 44.2 Å². The summed E-state index contributed by atoms with van der Waals surface area (Å²) in [5.74, 6) is -1.03. The van der Waals surface area contributed by atoms with Crippen molar-refractivity contribution in [3.05, 3.63) is 21.9 Å². The minimum Gasteiger partial charge on any atom is -0.477 e. The van der Waals surface area contributed by atoms with Gasteiger partial charge in [-0.2, -0.15) is 0 Å². The molecule has 0 saturated heterocycles. The van der Waals surface area contributed by atoms with Gasteiger partial charge in [-0.15, -0.1) is 11.3 Å². The average molecular weight is 297 g/mol. The molecule has 0 radical (unpaired) electrons. The molecule has 0 spiro atoms. The lowest BCUT2D eigenvalue weighted by Crippen LogP contribution is -2.49. The van der Waals surface area contributed by atoms with E-state index in [0.29, 0.717) is 6.54 Å². The number of amides is 1. The largest absolute Gasteiger partial charge is 0.477 e. The van der Waals surface area contributed by atoms with Gasteiger partial charge in [-0.1, -0.05) is 19.3 Å². The number of carbonyl (C=O) groups is 2. The zero-order valence-electron chi connectivity index (χ0n) is 11.5. The molecular weight excluding hydrogens is 278 g/mol. The molecule has 1 amide bonds.